The molecule has 0 bridgehead atoms. The quantitative estimate of drug-likeness (QED) is 0.792. The zero-order valence-electron chi connectivity index (χ0n) is 13.2. The topological polar surface area (TPSA) is 74.5 Å². The fourth-order valence-corrected chi connectivity index (χ4v) is 3.03. The van der Waals surface area contributed by atoms with Crippen molar-refractivity contribution in [3.8, 4) is 0 Å². The van der Waals surface area contributed by atoms with Crippen LogP contribution in [-0.4, -0.2) is 17.2 Å². The third kappa shape index (κ3) is 3.93. The highest BCUT2D eigenvalue weighted by Crippen LogP contribution is 2.25. The smallest absolute Gasteiger partial charge is 0.319 e. The number of hydrogen-bond donors (Lipinski definition) is 3. The average Bonchev–Trinajstić information content (AvgIpc) is 3.17. The van der Waals surface area contributed by atoms with Crippen molar-refractivity contribution in [3.05, 3.63) is 53.5 Å². The lowest BCUT2D eigenvalue weighted by molar-refractivity contribution is 0.130. The largest absolute Gasteiger partial charge is 0.467 e. The normalized spacial score (nSPS) is 15.7. The molecule has 3 N–H and O–H groups in total. The molecule has 1 aliphatic carbocycles. The van der Waals surface area contributed by atoms with Crippen molar-refractivity contribution < 1.29 is 14.3 Å². The molecule has 2 atom stereocenters. The Morgan fingerprint density at radius 3 is 2.91 bits per heavy atom. The molecule has 3 rings (SSSR count). The maximum atomic E-state index is 12.1. The number of furan rings is 1. The van der Waals surface area contributed by atoms with Gasteiger partial charge in [-0.15, -0.1) is 0 Å². The van der Waals surface area contributed by atoms with Gasteiger partial charge in [0.1, 0.15) is 11.9 Å². The van der Waals surface area contributed by atoms with Gasteiger partial charge >= 0.3 is 6.03 Å². The summed E-state index contributed by atoms with van der Waals surface area (Å²) in [5.41, 5.74) is 3.51. The number of aryl methyl sites for hydroxylation is 2. The summed E-state index contributed by atoms with van der Waals surface area (Å²) >= 11 is 0. The van der Waals surface area contributed by atoms with E-state index in [2.05, 4.69) is 16.7 Å². The summed E-state index contributed by atoms with van der Waals surface area (Å²) < 4.78 is 5.16. The van der Waals surface area contributed by atoms with Gasteiger partial charge in [0.15, 0.2) is 0 Å². The molecule has 1 heterocycles. The predicted molar refractivity (Wildman–Crippen MR) is 88.4 cm³/mol. The van der Waals surface area contributed by atoms with Crippen LogP contribution in [-0.2, 0) is 12.8 Å². The SMILES string of the molecule is CC(CC(O)c1ccco1)NC(=O)Nc1ccc2c(c1)CCC2. The van der Waals surface area contributed by atoms with Gasteiger partial charge in [0.05, 0.1) is 6.26 Å². The number of carbonyl (C=O) groups is 1. The summed E-state index contributed by atoms with van der Waals surface area (Å²) in [4.78, 5) is 12.1. The fraction of sp³-hybridized carbons (Fsp3) is 0.389. The molecule has 5 heteroatoms. The van der Waals surface area contributed by atoms with Crippen LogP contribution in [0.15, 0.2) is 41.0 Å². The van der Waals surface area contributed by atoms with Gasteiger partial charge in [-0.05, 0) is 61.6 Å². The number of urea groups is 1. The number of hydrogen-bond acceptors (Lipinski definition) is 3. The van der Waals surface area contributed by atoms with Crippen LogP contribution in [0.25, 0.3) is 0 Å². The zero-order chi connectivity index (χ0) is 16.2. The summed E-state index contributed by atoms with van der Waals surface area (Å²) in [6, 6.07) is 9.09. The van der Waals surface area contributed by atoms with Gasteiger partial charge in [0.2, 0.25) is 0 Å². The van der Waals surface area contributed by atoms with Crippen LogP contribution in [0.2, 0.25) is 0 Å². The van der Waals surface area contributed by atoms with E-state index in [-0.39, 0.29) is 12.1 Å². The molecule has 122 valence electrons. The molecule has 0 aliphatic heterocycles. The summed E-state index contributed by atoms with van der Waals surface area (Å²) in [6.45, 7) is 1.86. The molecule has 0 fully saturated rings. The number of benzene rings is 1. The Hall–Kier alpha value is -2.27. The maximum absolute atomic E-state index is 12.1. The molecule has 0 saturated carbocycles. The number of aliphatic hydroxyl groups is 1. The lowest BCUT2D eigenvalue weighted by atomic mass is 10.1. The molecule has 1 aliphatic rings. The highest BCUT2D eigenvalue weighted by atomic mass is 16.4. The molecular formula is C18H22N2O3. The molecule has 2 aromatic rings. The molecular weight excluding hydrogens is 292 g/mol. The monoisotopic (exact) mass is 314 g/mol. The first-order valence-corrected chi connectivity index (χ1v) is 8.02. The molecule has 1 aromatic carbocycles. The first-order valence-electron chi connectivity index (χ1n) is 8.02. The number of nitrogens with one attached hydrogen (secondary N) is 2. The van der Waals surface area contributed by atoms with Gasteiger partial charge in [0.25, 0.3) is 0 Å². The lowest BCUT2D eigenvalue weighted by Crippen LogP contribution is -2.37. The van der Waals surface area contributed by atoms with Crippen molar-refractivity contribution in [1.82, 2.24) is 5.32 Å². The van der Waals surface area contributed by atoms with Crippen LogP contribution in [0.5, 0.6) is 0 Å². The van der Waals surface area contributed by atoms with Crippen molar-refractivity contribution in [1.29, 1.82) is 0 Å². The van der Waals surface area contributed by atoms with Gasteiger partial charge in [-0.2, -0.15) is 0 Å². The first-order chi connectivity index (χ1) is 11.1. The van der Waals surface area contributed by atoms with Crippen molar-refractivity contribution in [2.24, 2.45) is 0 Å². The fourth-order valence-electron chi connectivity index (χ4n) is 3.03. The minimum Gasteiger partial charge on any atom is -0.467 e. The minimum atomic E-state index is -0.722. The molecule has 0 radical (unpaired) electrons. The number of anilines is 1. The second-order valence-electron chi connectivity index (χ2n) is 6.10. The summed E-state index contributed by atoms with van der Waals surface area (Å²) in [5.74, 6) is 0.512. The molecule has 23 heavy (non-hydrogen) atoms. The van der Waals surface area contributed by atoms with E-state index in [1.165, 1.54) is 23.8 Å². The standard InChI is InChI=1S/C18H22N2O3/c1-12(10-16(21)17-6-3-9-23-17)19-18(22)20-15-8-7-13-4-2-5-14(13)11-15/h3,6-9,11-12,16,21H,2,4-5,10H2,1H3,(H2,19,20,22). The Morgan fingerprint density at radius 2 is 2.13 bits per heavy atom. The van der Waals surface area contributed by atoms with Crippen molar-refractivity contribution >= 4 is 11.7 Å². The van der Waals surface area contributed by atoms with E-state index in [1.807, 2.05) is 19.1 Å². The Balaban J connectivity index is 1.50. The number of carbonyl (C=O) groups excluding carboxylic acids is 1. The molecule has 2 unspecified atom stereocenters. The third-order valence-electron chi connectivity index (χ3n) is 4.18. The van der Waals surface area contributed by atoms with E-state index in [4.69, 9.17) is 4.42 Å². The van der Waals surface area contributed by atoms with Crippen LogP contribution in [0.4, 0.5) is 10.5 Å². The van der Waals surface area contributed by atoms with Gasteiger partial charge < -0.3 is 20.2 Å². The van der Waals surface area contributed by atoms with Crippen LogP contribution in [0.3, 0.4) is 0 Å². The van der Waals surface area contributed by atoms with Crippen molar-refractivity contribution in [2.75, 3.05) is 5.32 Å². The minimum absolute atomic E-state index is 0.176. The van der Waals surface area contributed by atoms with Gasteiger partial charge in [-0.25, -0.2) is 4.79 Å². The van der Waals surface area contributed by atoms with Gasteiger partial charge in [-0.1, -0.05) is 6.07 Å². The Labute approximate surface area is 135 Å². The number of fused-ring (bicyclic) bond motifs is 1. The number of amides is 2. The van der Waals surface area contributed by atoms with Crippen LogP contribution >= 0.6 is 0 Å². The van der Waals surface area contributed by atoms with Crippen molar-refractivity contribution in [2.45, 2.75) is 44.8 Å². The molecule has 5 nitrogen and oxygen atoms in total. The number of rotatable bonds is 5. The van der Waals surface area contributed by atoms with Crippen LogP contribution in [0.1, 0.15) is 42.8 Å². The summed E-state index contributed by atoms with van der Waals surface area (Å²) in [7, 11) is 0. The Bertz CT molecular complexity index is 667. The van der Waals surface area contributed by atoms with E-state index in [1.54, 1.807) is 12.1 Å². The maximum Gasteiger partial charge on any atom is 0.319 e. The first kappa shape index (κ1) is 15.6. The van der Waals surface area contributed by atoms with E-state index in [9.17, 15) is 9.90 Å². The summed E-state index contributed by atoms with van der Waals surface area (Å²) in [6.07, 6.45) is 4.59. The Morgan fingerprint density at radius 1 is 1.30 bits per heavy atom. The van der Waals surface area contributed by atoms with Gasteiger partial charge in [-0.3, -0.25) is 0 Å². The zero-order valence-corrected chi connectivity index (χ0v) is 13.2. The average molecular weight is 314 g/mol. The molecule has 2 amide bonds. The highest BCUT2D eigenvalue weighted by molar-refractivity contribution is 5.89. The number of aliphatic hydroxyl groups excluding tert-OH is 1. The Kier molecular flexibility index (Phi) is 4.67. The molecule has 0 saturated heterocycles. The molecule has 0 spiro atoms. The second kappa shape index (κ2) is 6.87. The van der Waals surface area contributed by atoms with Crippen molar-refractivity contribution in [3.63, 3.8) is 0 Å². The van der Waals surface area contributed by atoms with Crippen LogP contribution in [0, 0.1) is 0 Å². The third-order valence-corrected chi connectivity index (χ3v) is 4.18. The van der Waals surface area contributed by atoms with Gasteiger partial charge in [0, 0.05) is 18.2 Å². The van der Waals surface area contributed by atoms with E-state index >= 15 is 0 Å². The van der Waals surface area contributed by atoms with Crippen LogP contribution < -0.4 is 10.6 Å². The van der Waals surface area contributed by atoms with E-state index < -0.39 is 6.10 Å². The molecule has 1 aromatic heterocycles. The lowest BCUT2D eigenvalue weighted by Gasteiger charge is -2.17. The summed E-state index contributed by atoms with van der Waals surface area (Å²) in [5, 5.41) is 15.7. The predicted octanol–water partition coefficient (Wildman–Crippen LogP) is 3.40. The second-order valence-corrected chi connectivity index (χ2v) is 6.10. The highest BCUT2D eigenvalue weighted by Gasteiger charge is 2.17. The van der Waals surface area contributed by atoms with E-state index in [0.29, 0.717) is 12.2 Å². The van der Waals surface area contributed by atoms with E-state index in [0.717, 1.165) is 18.5 Å².